The molecule has 0 saturated heterocycles. The van der Waals surface area contributed by atoms with E-state index in [2.05, 4.69) is 10.6 Å². The molecule has 7 nitrogen and oxygen atoms in total. The van der Waals surface area contributed by atoms with E-state index in [9.17, 15) is 14.4 Å². The number of carbonyl (C=O) groups is 2. The fourth-order valence-corrected chi connectivity index (χ4v) is 3.53. The molecule has 0 spiro atoms. The Labute approximate surface area is 193 Å². The Balaban J connectivity index is 1.60. The third-order valence-electron chi connectivity index (χ3n) is 5.84. The Morgan fingerprint density at radius 2 is 1.94 bits per heavy atom. The van der Waals surface area contributed by atoms with Gasteiger partial charge in [0.05, 0.1) is 7.11 Å². The zero-order valence-electron chi connectivity index (χ0n) is 19.5. The van der Waals surface area contributed by atoms with Gasteiger partial charge in [-0.1, -0.05) is 26.0 Å². The van der Waals surface area contributed by atoms with E-state index in [0.29, 0.717) is 29.1 Å². The molecule has 3 rings (SSSR count). The minimum atomic E-state index is -0.439. The van der Waals surface area contributed by atoms with Crippen molar-refractivity contribution in [1.29, 1.82) is 0 Å². The van der Waals surface area contributed by atoms with E-state index in [1.807, 2.05) is 57.2 Å². The van der Waals surface area contributed by atoms with Crippen molar-refractivity contribution in [2.45, 2.75) is 46.6 Å². The number of carbonyl (C=O) groups excluding carboxylic acids is 2. The Hall–Kier alpha value is -3.61. The minimum Gasteiger partial charge on any atom is -0.497 e. The standard InChI is InChI=1S/C26H30N2O5/c1-5-16(2)25(30)28-19-8-6-7-18(13-19)15-27-24(29)12-11-22-17(3)21-10-9-20(32-4)14-23(21)33-26(22)31/h6-10,13-14,16H,5,11-12,15H2,1-4H3,(H,27,29)(H,28,30). The quantitative estimate of drug-likeness (QED) is 0.473. The van der Waals surface area contributed by atoms with Crippen LogP contribution in [-0.2, 0) is 22.6 Å². The summed E-state index contributed by atoms with van der Waals surface area (Å²) in [5, 5.41) is 6.59. The fraction of sp³-hybridized carbons (Fsp3) is 0.346. The molecule has 174 valence electrons. The smallest absolute Gasteiger partial charge is 0.339 e. The highest BCUT2D eigenvalue weighted by atomic mass is 16.5. The molecule has 0 saturated carbocycles. The summed E-state index contributed by atoms with van der Waals surface area (Å²) in [7, 11) is 1.55. The monoisotopic (exact) mass is 450 g/mol. The lowest BCUT2D eigenvalue weighted by atomic mass is 10.0. The van der Waals surface area contributed by atoms with E-state index in [1.54, 1.807) is 13.2 Å². The molecule has 3 aromatic rings. The number of hydrogen-bond acceptors (Lipinski definition) is 5. The summed E-state index contributed by atoms with van der Waals surface area (Å²) in [4.78, 5) is 37.0. The number of benzene rings is 2. The van der Waals surface area contributed by atoms with Crippen molar-refractivity contribution < 1.29 is 18.7 Å². The third kappa shape index (κ3) is 6.00. The second-order valence-electron chi connectivity index (χ2n) is 8.13. The first-order chi connectivity index (χ1) is 15.8. The van der Waals surface area contributed by atoms with Crippen molar-refractivity contribution in [3.63, 3.8) is 0 Å². The van der Waals surface area contributed by atoms with Gasteiger partial charge < -0.3 is 19.8 Å². The van der Waals surface area contributed by atoms with E-state index >= 15 is 0 Å². The van der Waals surface area contributed by atoms with Gasteiger partial charge in [-0.2, -0.15) is 0 Å². The summed E-state index contributed by atoms with van der Waals surface area (Å²) >= 11 is 0. The van der Waals surface area contributed by atoms with Gasteiger partial charge in [0.1, 0.15) is 11.3 Å². The molecule has 0 fully saturated rings. The van der Waals surface area contributed by atoms with Crippen LogP contribution in [0.2, 0.25) is 0 Å². The van der Waals surface area contributed by atoms with Crippen molar-refractivity contribution in [3.8, 4) is 5.75 Å². The van der Waals surface area contributed by atoms with Crippen LogP contribution in [0.1, 0.15) is 43.4 Å². The van der Waals surface area contributed by atoms with Gasteiger partial charge in [0, 0.05) is 41.6 Å². The maximum atomic E-state index is 12.5. The molecule has 0 aliphatic carbocycles. The molecule has 1 heterocycles. The molecule has 2 N–H and O–H groups in total. The molecule has 2 aromatic carbocycles. The van der Waals surface area contributed by atoms with E-state index in [-0.39, 0.29) is 30.6 Å². The van der Waals surface area contributed by atoms with Crippen molar-refractivity contribution in [3.05, 3.63) is 69.6 Å². The zero-order valence-corrected chi connectivity index (χ0v) is 19.5. The Morgan fingerprint density at radius 3 is 2.67 bits per heavy atom. The van der Waals surface area contributed by atoms with Gasteiger partial charge >= 0.3 is 5.63 Å². The number of rotatable bonds is 9. The topological polar surface area (TPSA) is 97.6 Å². The van der Waals surface area contributed by atoms with Crippen LogP contribution in [0.3, 0.4) is 0 Å². The number of fused-ring (bicyclic) bond motifs is 1. The third-order valence-corrected chi connectivity index (χ3v) is 5.84. The van der Waals surface area contributed by atoms with Crippen LogP contribution in [0, 0.1) is 12.8 Å². The number of aryl methyl sites for hydroxylation is 1. The summed E-state index contributed by atoms with van der Waals surface area (Å²) in [6.45, 7) is 6.04. The molecule has 33 heavy (non-hydrogen) atoms. The number of methoxy groups -OCH3 is 1. The Kier molecular flexibility index (Phi) is 7.87. The first-order valence-electron chi connectivity index (χ1n) is 11.1. The first-order valence-corrected chi connectivity index (χ1v) is 11.1. The number of ether oxygens (including phenoxy) is 1. The number of anilines is 1. The van der Waals surface area contributed by atoms with Crippen LogP contribution in [-0.4, -0.2) is 18.9 Å². The number of nitrogens with one attached hydrogen (secondary N) is 2. The van der Waals surface area contributed by atoms with E-state index in [0.717, 1.165) is 22.9 Å². The normalized spacial score (nSPS) is 11.8. The number of amides is 2. The molecular weight excluding hydrogens is 420 g/mol. The van der Waals surface area contributed by atoms with Crippen molar-refractivity contribution in [2.24, 2.45) is 5.92 Å². The van der Waals surface area contributed by atoms with Crippen LogP contribution in [0.15, 0.2) is 51.7 Å². The molecule has 2 amide bonds. The summed E-state index contributed by atoms with van der Waals surface area (Å²) in [6, 6.07) is 12.7. The first kappa shape index (κ1) is 24.0. The maximum absolute atomic E-state index is 12.5. The van der Waals surface area contributed by atoms with E-state index < -0.39 is 5.63 Å². The molecule has 1 unspecified atom stereocenters. The van der Waals surface area contributed by atoms with E-state index in [4.69, 9.17) is 9.15 Å². The Bertz CT molecular complexity index is 1220. The molecule has 1 atom stereocenters. The van der Waals surface area contributed by atoms with Gasteiger partial charge in [-0.25, -0.2) is 4.79 Å². The average molecular weight is 451 g/mol. The highest BCUT2D eigenvalue weighted by molar-refractivity contribution is 5.92. The minimum absolute atomic E-state index is 0.0262. The van der Waals surface area contributed by atoms with Gasteiger partial charge in [-0.15, -0.1) is 0 Å². The second kappa shape index (κ2) is 10.8. The van der Waals surface area contributed by atoms with Gasteiger partial charge in [0.15, 0.2) is 0 Å². The van der Waals surface area contributed by atoms with Crippen LogP contribution in [0.4, 0.5) is 5.69 Å². The molecule has 0 radical (unpaired) electrons. The van der Waals surface area contributed by atoms with Crippen molar-refractivity contribution >= 4 is 28.5 Å². The molecule has 7 heteroatoms. The van der Waals surface area contributed by atoms with Gasteiger partial charge in [-0.05, 0) is 55.2 Å². The zero-order chi connectivity index (χ0) is 24.0. The summed E-state index contributed by atoms with van der Waals surface area (Å²) in [5.41, 5.74) is 2.91. The lowest BCUT2D eigenvalue weighted by Gasteiger charge is -2.12. The van der Waals surface area contributed by atoms with Crippen LogP contribution in [0.5, 0.6) is 5.75 Å². The van der Waals surface area contributed by atoms with Crippen LogP contribution in [0.25, 0.3) is 11.0 Å². The number of hydrogen-bond donors (Lipinski definition) is 2. The van der Waals surface area contributed by atoms with E-state index in [1.165, 1.54) is 0 Å². The molecule has 0 aliphatic heterocycles. The molecule has 0 aliphatic rings. The van der Waals surface area contributed by atoms with Gasteiger partial charge in [-0.3, -0.25) is 9.59 Å². The molecular formula is C26H30N2O5. The predicted octanol–water partition coefficient (Wildman–Crippen LogP) is 4.34. The van der Waals surface area contributed by atoms with Crippen molar-refractivity contribution in [1.82, 2.24) is 5.32 Å². The van der Waals surface area contributed by atoms with Gasteiger partial charge in [0.25, 0.3) is 0 Å². The molecule has 0 bridgehead atoms. The summed E-state index contributed by atoms with van der Waals surface area (Å²) in [5.74, 6) is 0.353. The highest BCUT2D eigenvalue weighted by Gasteiger charge is 2.14. The lowest BCUT2D eigenvalue weighted by Crippen LogP contribution is -2.24. The van der Waals surface area contributed by atoms with Crippen LogP contribution < -0.4 is 21.0 Å². The maximum Gasteiger partial charge on any atom is 0.339 e. The highest BCUT2D eigenvalue weighted by Crippen LogP contribution is 2.24. The van der Waals surface area contributed by atoms with Gasteiger partial charge in [0.2, 0.25) is 11.8 Å². The largest absolute Gasteiger partial charge is 0.497 e. The molecule has 1 aromatic heterocycles. The summed E-state index contributed by atoms with van der Waals surface area (Å²) in [6.07, 6.45) is 1.22. The Morgan fingerprint density at radius 1 is 1.15 bits per heavy atom. The van der Waals surface area contributed by atoms with Crippen LogP contribution >= 0.6 is 0 Å². The lowest BCUT2D eigenvalue weighted by molar-refractivity contribution is -0.121. The second-order valence-corrected chi connectivity index (χ2v) is 8.13. The summed E-state index contributed by atoms with van der Waals surface area (Å²) < 4.78 is 10.6. The van der Waals surface area contributed by atoms with Crippen molar-refractivity contribution in [2.75, 3.05) is 12.4 Å². The average Bonchev–Trinajstić information content (AvgIpc) is 2.81. The predicted molar refractivity (Wildman–Crippen MR) is 128 cm³/mol. The SMILES string of the molecule is CCC(C)C(=O)Nc1cccc(CNC(=O)CCc2c(C)c3ccc(OC)cc3oc2=O)c1. The fourth-order valence-electron chi connectivity index (χ4n) is 3.53.